The van der Waals surface area contributed by atoms with Gasteiger partial charge in [0.05, 0.1) is 5.01 Å². The Morgan fingerprint density at radius 1 is 1.11 bits per heavy atom. The first-order chi connectivity index (χ1) is 13.0. The Labute approximate surface area is 160 Å². The van der Waals surface area contributed by atoms with E-state index < -0.39 is 0 Å². The summed E-state index contributed by atoms with van der Waals surface area (Å²) in [5, 5.41) is 3.98. The highest BCUT2D eigenvalue weighted by molar-refractivity contribution is 7.09. The molecule has 0 radical (unpaired) electrons. The molecule has 0 bridgehead atoms. The van der Waals surface area contributed by atoms with Crippen molar-refractivity contribution in [1.29, 1.82) is 0 Å². The summed E-state index contributed by atoms with van der Waals surface area (Å²) in [6, 6.07) is 7.71. The second kappa shape index (κ2) is 6.96. The second-order valence-corrected chi connectivity index (χ2v) is 7.62. The van der Waals surface area contributed by atoms with E-state index in [1.807, 2.05) is 24.4 Å². The van der Waals surface area contributed by atoms with E-state index in [2.05, 4.69) is 23.0 Å². The lowest BCUT2D eigenvalue weighted by Crippen LogP contribution is -2.11. The quantitative estimate of drug-likeness (QED) is 0.543. The predicted octanol–water partition coefficient (Wildman–Crippen LogP) is 4.03. The summed E-state index contributed by atoms with van der Waals surface area (Å²) in [6.45, 7) is 4.05. The lowest BCUT2D eigenvalue weighted by molar-refractivity contribution is 0.550. The van der Waals surface area contributed by atoms with Gasteiger partial charge in [-0.3, -0.25) is 0 Å². The number of thiazole rings is 1. The molecule has 0 amide bonds. The lowest BCUT2D eigenvalue weighted by atomic mass is 9.96. The SMILES string of the molecule is Cc1cc2c(C)c(Cc3ccnc(N)c3)c(=O)oc2cc1Cc1nccs1. The molecule has 0 saturated heterocycles. The van der Waals surface area contributed by atoms with Crippen molar-refractivity contribution in [2.75, 3.05) is 5.73 Å². The molecule has 3 aromatic heterocycles. The molecule has 0 saturated carbocycles. The Morgan fingerprint density at radius 3 is 2.70 bits per heavy atom. The number of nitrogens with zero attached hydrogens (tertiary/aromatic N) is 2. The molecular weight excluding hydrogens is 358 g/mol. The Hall–Kier alpha value is -2.99. The number of fused-ring (bicyclic) bond motifs is 1. The van der Waals surface area contributed by atoms with Crippen molar-refractivity contribution >= 4 is 28.1 Å². The van der Waals surface area contributed by atoms with Gasteiger partial charge in [0, 0.05) is 41.6 Å². The van der Waals surface area contributed by atoms with Gasteiger partial charge >= 0.3 is 5.63 Å². The molecule has 5 nitrogen and oxygen atoms in total. The molecule has 136 valence electrons. The Morgan fingerprint density at radius 2 is 1.96 bits per heavy atom. The van der Waals surface area contributed by atoms with Crippen LogP contribution >= 0.6 is 11.3 Å². The molecule has 0 aliphatic rings. The van der Waals surface area contributed by atoms with Crippen LogP contribution in [0, 0.1) is 13.8 Å². The lowest BCUT2D eigenvalue weighted by Gasteiger charge is -2.11. The molecule has 2 N–H and O–H groups in total. The number of nitrogen functional groups attached to an aromatic ring is 1. The van der Waals surface area contributed by atoms with Gasteiger partial charge in [0.2, 0.25) is 0 Å². The van der Waals surface area contributed by atoms with E-state index >= 15 is 0 Å². The van der Waals surface area contributed by atoms with Crippen LogP contribution in [0.5, 0.6) is 0 Å². The van der Waals surface area contributed by atoms with Crippen LogP contribution in [0.1, 0.15) is 32.8 Å². The standard InChI is InChI=1S/C21H19N3O2S/c1-12-7-16-13(2)17(8-14-3-4-23-19(22)9-14)21(25)26-18(16)10-15(12)11-20-24-5-6-27-20/h3-7,9-10H,8,11H2,1-2H3,(H2,22,23). The molecule has 4 aromatic rings. The third-order valence-electron chi connectivity index (χ3n) is 4.80. The first kappa shape index (κ1) is 17.4. The minimum Gasteiger partial charge on any atom is -0.422 e. The highest BCUT2D eigenvalue weighted by Crippen LogP contribution is 2.26. The molecule has 0 aliphatic heterocycles. The van der Waals surface area contributed by atoms with E-state index in [4.69, 9.17) is 10.2 Å². The summed E-state index contributed by atoms with van der Waals surface area (Å²) < 4.78 is 5.67. The molecule has 0 aliphatic carbocycles. The summed E-state index contributed by atoms with van der Waals surface area (Å²) in [4.78, 5) is 21.0. The summed E-state index contributed by atoms with van der Waals surface area (Å²) in [7, 11) is 0. The zero-order valence-corrected chi connectivity index (χ0v) is 16.0. The van der Waals surface area contributed by atoms with Crippen LogP contribution in [0.3, 0.4) is 0 Å². The normalized spacial score (nSPS) is 11.2. The van der Waals surface area contributed by atoms with Crippen molar-refractivity contribution < 1.29 is 4.42 Å². The molecular formula is C21H19N3O2S. The van der Waals surface area contributed by atoms with Gasteiger partial charge in [0.1, 0.15) is 11.4 Å². The number of benzene rings is 1. The monoisotopic (exact) mass is 377 g/mol. The molecule has 0 spiro atoms. The number of aryl methyl sites for hydroxylation is 2. The van der Waals surface area contributed by atoms with Gasteiger partial charge in [-0.05, 0) is 60.4 Å². The Kier molecular flexibility index (Phi) is 4.49. The predicted molar refractivity (Wildman–Crippen MR) is 108 cm³/mol. The van der Waals surface area contributed by atoms with Gasteiger partial charge in [-0.2, -0.15) is 0 Å². The van der Waals surface area contributed by atoms with Crippen molar-refractivity contribution in [3.05, 3.63) is 85.3 Å². The van der Waals surface area contributed by atoms with Crippen molar-refractivity contribution in [2.45, 2.75) is 26.7 Å². The van der Waals surface area contributed by atoms with Gasteiger partial charge in [-0.25, -0.2) is 14.8 Å². The minimum atomic E-state index is -0.306. The van der Waals surface area contributed by atoms with Crippen LogP contribution in [0.25, 0.3) is 11.0 Å². The highest BCUT2D eigenvalue weighted by atomic mass is 32.1. The zero-order valence-electron chi connectivity index (χ0n) is 15.2. The molecule has 0 unspecified atom stereocenters. The van der Waals surface area contributed by atoms with Crippen LogP contribution in [-0.4, -0.2) is 9.97 Å². The summed E-state index contributed by atoms with van der Waals surface area (Å²) in [6.07, 6.45) is 4.66. The number of hydrogen-bond donors (Lipinski definition) is 1. The highest BCUT2D eigenvalue weighted by Gasteiger charge is 2.14. The molecule has 6 heteroatoms. The van der Waals surface area contributed by atoms with Crippen molar-refractivity contribution in [3.8, 4) is 0 Å². The van der Waals surface area contributed by atoms with E-state index in [-0.39, 0.29) is 5.63 Å². The molecule has 4 rings (SSSR count). The third-order valence-corrected chi connectivity index (χ3v) is 5.58. The van der Waals surface area contributed by atoms with Gasteiger partial charge in [0.15, 0.2) is 0 Å². The Balaban J connectivity index is 1.78. The first-order valence-corrected chi connectivity index (χ1v) is 9.54. The van der Waals surface area contributed by atoms with Crippen molar-refractivity contribution in [3.63, 3.8) is 0 Å². The van der Waals surface area contributed by atoms with E-state index in [0.29, 0.717) is 23.4 Å². The molecule has 0 atom stereocenters. The second-order valence-electron chi connectivity index (χ2n) is 6.64. The van der Waals surface area contributed by atoms with Gasteiger partial charge in [-0.1, -0.05) is 0 Å². The summed E-state index contributed by atoms with van der Waals surface area (Å²) in [5.74, 6) is 0.443. The number of aromatic nitrogens is 2. The maximum atomic E-state index is 12.6. The van der Waals surface area contributed by atoms with E-state index in [1.54, 1.807) is 29.8 Å². The average Bonchev–Trinajstić information content (AvgIpc) is 3.13. The minimum absolute atomic E-state index is 0.306. The smallest absolute Gasteiger partial charge is 0.340 e. The van der Waals surface area contributed by atoms with E-state index in [9.17, 15) is 4.79 Å². The fraction of sp³-hybridized carbons (Fsp3) is 0.190. The van der Waals surface area contributed by atoms with Crippen LogP contribution in [0.4, 0.5) is 5.82 Å². The van der Waals surface area contributed by atoms with Crippen molar-refractivity contribution in [2.24, 2.45) is 0 Å². The van der Waals surface area contributed by atoms with Gasteiger partial charge in [0.25, 0.3) is 0 Å². The summed E-state index contributed by atoms with van der Waals surface area (Å²) in [5.41, 5.74) is 10.9. The fourth-order valence-electron chi connectivity index (χ4n) is 3.29. The van der Waals surface area contributed by atoms with E-state index in [0.717, 1.165) is 39.1 Å². The number of anilines is 1. The maximum absolute atomic E-state index is 12.6. The average molecular weight is 377 g/mol. The first-order valence-electron chi connectivity index (χ1n) is 8.66. The molecule has 3 heterocycles. The topological polar surface area (TPSA) is 82.0 Å². The molecule has 27 heavy (non-hydrogen) atoms. The van der Waals surface area contributed by atoms with Gasteiger partial charge in [-0.15, -0.1) is 11.3 Å². The molecule has 1 aromatic carbocycles. The number of hydrogen-bond acceptors (Lipinski definition) is 6. The van der Waals surface area contributed by atoms with E-state index in [1.165, 1.54) is 0 Å². The zero-order chi connectivity index (χ0) is 19.0. The number of pyridine rings is 1. The van der Waals surface area contributed by atoms with Crippen LogP contribution in [0.2, 0.25) is 0 Å². The Bertz CT molecular complexity index is 1180. The maximum Gasteiger partial charge on any atom is 0.340 e. The van der Waals surface area contributed by atoms with Gasteiger partial charge < -0.3 is 10.2 Å². The van der Waals surface area contributed by atoms with Crippen LogP contribution in [-0.2, 0) is 12.8 Å². The van der Waals surface area contributed by atoms with Crippen LogP contribution in [0.15, 0.2) is 51.3 Å². The third kappa shape index (κ3) is 3.48. The largest absolute Gasteiger partial charge is 0.422 e. The fourth-order valence-corrected chi connectivity index (χ4v) is 3.93. The summed E-state index contributed by atoms with van der Waals surface area (Å²) >= 11 is 1.62. The van der Waals surface area contributed by atoms with Crippen molar-refractivity contribution in [1.82, 2.24) is 9.97 Å². The number of nitrogens with two attached hydrogens (primary N) is 1. The number of rotatable bonds is 4. The van der Waals surface area contributed by atoms with Crippen LogP contribution < -0.4 is 11.4 Å². The molecule has 0 fully saturated rings.